The van der Waals surface area contributed by atoms with Gasteiger partial charge in [0, 0.05) is 16.7 Å². The largest absolute Gasteiger partial charge is 0.477 e. The summed E-state index contributed by atoms with van der Waals surface area (Å²) in [6.07, 6.45) is 3.49. The SMILES string of the molecule is CO/N=C(\C(=O)N[C@@H]1C(=O)N2C(C(=O)O)=C(C[N+]3(C)CC4=C(CCC4)C3)CS[C@H]12)c1csc(N)n1. The van der Waals surface area contributed by atoms with Gasteiger partial charge in [0.2, 0.25) is 0 Å². The maximum Gasteiger partial charge on any atom is 0.352 e. The molecule has 0 bridgehead atoms. The fourth-order valence-electron chi connectivity index (χ4n) is 5.51. The average molecular weight is 520 g/mol. The van der Waals surface area contributed by atoms with Gasteiger partial charge < -0.3 is 25.5 Å². The van der Waals surface area contributed by atoms with E-state index in [0.29, 0.717) is 12.3 Å². The van der Waals surface area contributed by atoms with Gasteiger partial charge >= 0.3 is 5.97 Å². The van der Waals surface area contributed by atoms with Crippen LogP contribution in [0.25, 0.3) is 0 Å². The van der Waals surface area contributed by atoms with Gasteiger partial charge in [-0.15, -0.1) is 23.1 Å². The molecule has 4 heterocycles. The van der Waals surface area contributed by atoms with Crippen molar-refractivity contribution in [3.63, 3.8) is 0 Å². The number of fused-ring (bicyclic) bond motifs is 1. The van der Waals surface area contributed by atoms with Crippen LogP contribution in [0, 0.1) is 0 Å². The van der Waals surface area contributed by atoms with E-state index in [-0.39, 0.29) is 22.2 Å². The average Bonchev–Trinajstić information content (AvgIpc) is 3.50. The highest BCUT2D eigenvalue weighted by Crippen LogP contribution is 2.42. The Bertz CT molecular complexity index is 1190. The molecule has 3 aliphatic heterocycles. The molecule has 13 heteroatoms. The van der Waals surface area contributed by atoms with Crippen LogP contribution >= 0.6 is 23.1 Å². The number of aliphatic carboxylic acids is 1. The Labute approximate surface area is 210 Å². The van der Waals surface area contributed by atoms with Crippen molar-refractivity contribution < 1.29 is 28.8 Å². The maximum absolute atomic E-state index is 13.1. The van der Waals surface area contributed by atoms with E-state index in [1.165, 1.54) is 41.3 Å². The molecule has 1 fully saturated rings. The van der Waals surface area contributed by atoms with E-state index in [1.54, 1.807) is 5.38 Å². The molecule has 1 aliphatic carbocycles. The number of hydrogen-bond donors (Lipinski definition) is 3. The Morgan fingerprint density at radius 3 is 2.69 bits per heavy atom. The van der Waals surface area contributed by atoms with Crippen molar-refractivity contribution in [1.29, 1.82) is 0 Å². The fourth-order valence-corrected chi connectivity index (χ4v) is 7.39. The third-order valence-corrected chi connectivity index (χ3v) is 8.89. The number of anilines is 1. The highest BCUT2D eigenvalue weighted by molar-refractivity contribution is 8.00. The molecule has 0 aromatic carbocycles. The predicted molar refractivity (Wildman–Crippen MR) is 131 cm³/mol. The molecular formula is C22H27N6O5S2+. The molecule has 1 aromatic heterocycles. The summed E-state index contributed by atoms with van der Waals surface area (Å²) in [5.41, 5.74) is 9.65. The lowest BCUT2D eigenvalue weighted by atomic mass is 10.0. The first kappa shape index (κ1) is 23.8. The minimum absolute atomic E-state index is 0.0497. The van der Waals surface area contributed by atoms with Gasteiger partial charge in [-0.3, -0.25) is 14.5 Å². The minimum Gasteiger partial charge on any atom is -0.477 e. The van der Waals surface area contributed by atoms with Crippen LogP contribution in [0.4, 0.5) is 5.13 Å². The zero-order chi connectivity index (χ0) is 24.9. The summed E-state index contributed by atoms with van der Waals surface area (Å²) in [6, 6.07) is -0.872. The molecule has 0 radical (unpaired) electrons. The number of quaternary nitrogens is 1. The number of nitrogens with zero attached hydrogens (tertiary/aromatic N) is 4. The summed E-state index contributed by atoms with van der Waals surface area (Å²) in [7, 11) is 3.46. The monoisotopic (exact) mass is 519 g/mol. The number of carbonyl (C=O) groups excluding carboxylic acids is 2. The van der Waals surface area contributed by atoms with Crippen molar-refractivity contribution in [2.24, 2.45) is 5.16 Å². The molecule has 0 unspecified atom stereocenters. The van der Waals surface area contributed by atoms with E-state index in [2.05, 4.69) is 22.5 Å². The van der Waals surface area contributed by atoms with Gasteiger partial charge in [-0.1, -0.05) is 5.16 Å². The number of β-lactam (4-membered cyclic amide) rings is 1. The number of nitrogens with two attached hydrogens (primary N) is 1. The number of oxime groups is 1. The van der Waals surface area contributed by atoms with Gasteiger partial charge in [0.05, 0.1) is 7.05 Å². The highest BCUT2D eigenvalue weighted by Gasteiger charge is 2.55. The lowest BCUT2D eigenvalue weighted by Crippen LogP contribution is -2.71. The quantitative estimate of drug-likeness (QED) is 0.157. The molecule has 2 atom stereocenters. The molecule has 1 aromatic rings. The number of hydrogen-bond acceptors (Lipinski definition) is 9. The molecule has 11 nitrogen and oxygen atoms in total. The van der Waals surface area contributed by atoms with Gasteiger partial charge in [0.25, 0.3) is 11.8 Å². The Kier molecular flexibility index (Phi) is 6.09. The Morgan fingerprint density at radius 1 is 1.37 bits per heavy atom. The first-order chi connectivity index (χ1) is 16.7. The van der Waals surface area contributed by atoms with Gasteiger partial charge in [0.1, 0.15) is 49.6 Å². The van der Waals surface area contributed by atoms with Gasteiger partial charge in [-0.25, -0.2) is 9.78 Å². The van der Waals surface area contributed by atoms with Crippen LogP contribution in [-0.2, 0) is 19.2 Å². The Hall–Kier alpha value is -2.90. The van der Waals surface area contributed by atoms with Crippen LogP contribution in [0.2, 0.25) is 0 Å². The molecule has 2 amide bonds. The Balaban J connectivity index is 1.32. The zero-order valence-electron chi connectivity index (χ0n) is 19.4. The molecule has 35 heavy (non-hydrogen) atoms. The molecule has 1 saturated heterocycles. The molecule has 0 spiro atoms. The first-order valence-electron chi connectivity index (χ1n) is 11.3. The Morgan fingerprint density at radius 2 is 2.09 bits per heavy atom. The zero-order valence-corrected chi connectivity index (χ0v) is 21.1. The molecule has 186 valence electrons. The minimum atomic E-state index is -1.12. The number of amides is 2. The van der Waals surface area contributed by atoms with Gasteiger partial charge in [-0.2, -0.15) is 0 Å². The summed E-state index contributed by atoms with van der Waals surface area (Å²) in [5.74, 6) is -1.72. The third kappa shape index (κ3) is 4.21. The van der Waals surface area contributed by atoms with E-state index in [0.717, 1.165) is 47.3 Å². The van der Waals surface area contributed by atoms with Crippen LogP contribution < -0.4 is 11.1 Å². The number of carboxylic acid groups (broad SMARTS) is 1. The summed E-state index contributed by atoms with van der Waals surface area (Å²) >= 11 is 2.62. The summed E-state index contributed by atoms with van der Waals surface area (Å²) in [4.78, 5) is 48.4. The number of nitrogen functional groups attached to an aromatic ring is 1. The van der Waals surface area contributed by atoms with Crippen molar-refractivity contribution in [3.8, 4) is 0 Å². The van der Waals surface area contributed by atoms with Gasteiger partial charge in [0.15, 0.2) is 10.8 Å². The second-order valence-electron chi connectivity index (χ2n) is 9.47. The molecule has 4 aliphatic rings. The van der Waals surface area contributed by atoms with Crippen LogP contribution in [0.3, 0.4) is 0 Å². The van der Waals surface area contributed by atoms with Crippen LogP contribution in [-0.4, -0.2) is 93.9 Å². The van der Waals surface area contributed by atoms with Crippen LogP contribution in [0.15, 0.2) is 33.0 Å². The van der Waals surface area contributed by atoms with Crippen molar-refractivity contribution in [2.45, 2.75) is 30.7 Å². The van der Waals surface area contributed by atoms with Crippen molar-refractivity contribution in [1.82, 2.24) is 15.2 Å². The van der Waals surface area contributed by atoms with E-state index >= 15 is 0 Å². The van der Waals surface area contributed by atoms with E-state index in [4.69, 9.17) is 10.6 Å². The number of aromatic nitrogens is 1. The smallest absolute Gasteiger partial charge is 0.352 e. The third-order valence-electron chi connectivity index (χ3n) is 6.87. The topological polar surface area (TPSA) is 147 Å². The van der Waals surface area contributed by atoms with Crippen molar-refractivity contribution in [2.75, 3.05) is 45.3 Å². The maximum atomic E-state index is 13.1. The van der Waals surface area contributed by atoms with Crippen LogP contribution in [0.1, 0.15) is 25.0 Å². The second-order valence-corrected chi connectivity index (χ2v) is 11.5. The first-order valence-corrected chi connectivity index (χ1v) is 13.2. The number of nitrogens with one attached hydrogen (secondary N) is 1. The number of rotatable bonds is 7. The molecule has 5 rings (SSSR count). The van der Waals surface area contributed by atoms with E-state index in [1.807, 2.05) is 0 Å². The standard InChI is InChI=1S/C22H26N6O5S2/c1-28(6-11-4-3-5-12(11)7-28)8-13-9-34-20-16(19(30)27(20)17(13)21(31)32)25-18(29)15(26-33-2)14-10-35-22(23)24-14/h10,16,20H,3-9H2,1-2H3,(H3-,23,24,25,29,31,32)/p+1/b26-15-/t16-,20-/m1/s1. The van der Waals surface area contributed by atoms with Crippen LogP contribution in [0.5, 0.6) is 0 Å². The summed E-state index contributed by atoms with van der Waals surface area (Å²) in [5, 5.41) is 17.8. The van der Waals surface area contributed by atoms with Crippen molar-refractivity contribution >= 4 is 51.7 Å². The number of likely N-dealkylation sites (N-methyl/N-ethyl adjacent to an activating group) is 1. The predicted octanol–water partition coefficient (Wildman–Crippen LogP) is 0.755. The number of thioether (sulfide) groups is 1. The summed E-state index contributed by atoms with van der Waals surface area (Å²) in [6.45, 7) is 2.47. The fraction of sp³-hybridized carbons (Fsp3) is 0.500. The molecule has 0 saturated carbocycles. The van der Waals surface area contributed by atoms with Crippen molar-refractivity contribution in [3.05, 3.63) is 33.5 Å². The molecule has 4 N–H and O–H groups in total. The lowest BCUT2D eigenvalue weighted by Gasteiger charge is -2.49. The highest BCUT2D eigenvalue weighted by atomic mass is 32.2. The lowest BCUT2D eigenvalue weighted by molar-refractivity contribution is -0.890. The number of thiazole rings is 1. The second kappa shape index (κ2) is 8.95. The normalized spacial score (nSPS) is 25.4. The van der Waals surface area contributed by atoms with E-state index < -0.39 is 29.2 Å². The number of likely N-dealkylation sites (tertiary alicyclic amines) is 1. The number of carboxylic acids is 1. The summed E-state index contributed by atoms with van der Waals surface area (Å²) < 4.78 is 0.748. The van der Waals surface area contributed by atoms with E-state index in [9.17, 15) is 19.5 Å². The molecular weight excluding hydrogens is 492 g/mol. The number of carbonyl (C=O) groups is 3. The van der Waals surface area contributed by atoms with Gasteiger partial charge in [-0.05, 0) is 30.4 Å².